The van der Waals surface area contributed by atoms with Crippen molar-refractivity contribution in [1.82, 2.24) is 9.78 Å². The van der Waals surface area contributed by atoms with Crippen LogP contribution in [0.2, 0.25) is 0 Å². The Kier molecular flexibility index (Phi) is 2.95. The fraction of sp³-hybridized carbons (Fsp3) is 0.0667. The van der Waals surface area contributed by atoms with Gasteiger partial charge in [-0.3, -0.25) is 4.68 Å². The van der Waals surface area contributed by atoms with Crippen molar-refractivity contribution in [2.24, 2.45) is 0 Å². The van der Waals surface area contributed by atoms with Crippen LogP contribution in [0, 0.1) is 5.82 Å². The minimum atomic E-state index is -1.03. The molecule has 1 N–H and O–H groups in total. The highest BCUT2D eigenvalue weighted by atomic mass is 19.1. The summed E-state index contributed by atoms with van der Waals surface area (Å²) >= 11 is 0. The molecule has 0 aliphatic carbocycles. The van der Waals surface area contributed by atoms with Gasteiger partial charge in [0.2, 0.25) is 0 Å². The van der Waals surface area contributed by atoms with Crippen LogP contribution in [-0.4, -0.2) is 20.9 Å². The molecule has 4 nitrogen and oxygen atoms in total. The van der Waals surface area contributed by atoms with E-state index in [0.717, 1.165) is 5.56 Å². The lowest BCUT2D eigenvalue weighted by atomic mass is 10.2. The van der Waals surface area contributed by atoms with Crippen molar-refractivity contribution < 1.29 is 14.3 Å². The number of aromatic carboxylic acids is 1. The molecule has 5 heteroatoms. The zero-order valence-electron chi connectivity index (χ0n) is 10.5. The van der Waals surface area contributed by atoms with Crippen molar-refractivity contribution in [2.75, 3.05) is 0 Å². The second-order valence-electron chi connectivity index (χ2n) is 4.46. The van der Waals surface area contributed by atoms with E-state index in [-0.39, 0.29) is 18.1 Å². The maximum Gasteiger partial charge on any atom is 0.354 e. The third-order valence-electron chi connectivity index (χ3n) is 3.09. The third-order valence-corrected chi connectivity index (χ3v) is 3.09. The van der Waals surface area contributed by atoms with Crippen molar-refractivity contribution in [3.63, 3.8) is 0 Å². The van der Waals surface area contributed by atoms with Gasteiger partial charge in [0, 0.05) is 5.39 Å². The molecule has 0 unspecified atom stereocenters. The lowest BCUT2D eigenvalue weighted by molar-refractivity contribution is 0.0686. The smallest absolute Gasteiger partial charge is 0.354 e. The molecule has 100 valence electrons. The predicted octanol–water partition coefficient (Wildman–Crippen LogP) is 2.92. The molecular formula is C15H11FN2O2. The van der Waals surface area contributed by atoms with Crippen molar-refractivity contribution in [3.8, 4) is 0 Å². The Labute approximate surface area is 114 Å². The molecule has 0 aliphatic rings. The van der Waals surface area contributed by atoms with Gasteiger partial charge in [0.1, 0.15) is 5.82 Å². The minimum Gasteiger partial charge on any atom is -0.477 e. The van der Waals surface area contributed by atoms with E-state index in [1.54, 1.807) is 30.3 Å². The van der Waals surface area contributed by atoms with Gasteiger partial charge in [0.25, 0.3) is 0 Å². The number of nitrogens with zero attached hydrogens (tertiary/aromatic N) is 2. The standard InChI is InChI=1S/C15H11FN2O2/c16-11-7-5-10(6-8-11)9-18-14(15(19)20)12-3-1-2-4-13(12)17-18/h1-8H,9H2,(H,19,20). The summed E-state index contributed by atoms with van der Waals surface area (Å²) in [7, 11) is 0. The average molecular weight is 270 g/mol. The van der Waals surface area contributed by atoms with Gasteiger partial charge in [-0.05, 0) is 23.8 Å². The Bertz CT molecular complexity index is 778. The summed E-state index contributed by atoms with van der Waals surface area (Å²) in [6.07, 6.45) is 0. The van der Waals surface area contributed by atoms with E-state index in [9.17, 15) is 14.3 Å². The van der Waals surface area contributed by atoms with E-state index in [0.29, 0.717) is 10.9 Å². The molecular weight excluding hydrogens is 259 g/mol. The third kappa shape index (κ3) is 2.14. The maximum atomic E-state index is 12.9. The minimum absolute atomic E-state index is 0.143. The Morgan fingerprint density at radius 2 is 1.85 bits per heavy atom. The van der Waals surface area contributed by atoms with Gasteiger partial charge >= 0.3 is 5.97 Å². The first-order valence-electron chi connectivity index (χ1n) is 6.08. The van der Waals surface area contributed by atoms with Crippen molar-refractivity contribution in [3.05, 3.63) is 65.6 Å². The number of hydrogen-bond acceptors (Lipinski definition) is 2. The maximum absolute atomic E-state index is 12.9. The summed E-state index contributed by atoms with van der Waals surface area (Å²) in [5.74, 6) is -1.35. The van der Waals surface area contributed by atoms with E-state index in [2.05, 4.69) is 5.10 Å². The second kappa shape index (κ2) is 4.77. The number of fused-ring (bicyclic) bond motifs is 1. The quantitative estimate of drug-likeness (QED) is 0.796. The van der Waals surface area contributed by atoms with Gasteiger partial charge in [0.15, 0.2) is 5.69 Å². The molecule has 20 heavy (non-hydrogen) atoms. The molecule has 0 atom stereocenters. The summed E-state index contributed by atoms with van der Waals surface area (Å²) < 4.78 is 14.3. The van der Waals surface area contributed by atoms with Crippen LogP contribution >= 0.6 is 0 Å². The Hall–Kier alpha value is -2.69. The molecule has 0 radical (unpaired) electrons. The Morgan fingerprint density at radius 1 is 1.15 bits per heavy atom. The topological polar surface area (TPSA) is 55.1 Å². The van der Waals surface area contributed by atoms with E-state index in [4.69, 9.17) is 0 Å². The van der Waals surface area contributed by atoms with E-state index in [1.807, 2.05) is 6.07 Å². The summed E-state index contributed by atoms with van der Waals surface area (Å²) in [5, 5.41) is 14.2. The van der Waals surface area contributed by atoms with Gasteiger partial charge in [-0.2, -0.15) is 5.10 Å². The first-order valence-corrected chi connectivity index (χ1v) is 6.08. The molecule has 2 aromatic carbocycles. The molecule has 0 aliphatic heterocycles. The van der Waals surface area contributed by atoms with Gasteiger partial charge < -0.3 is 5.11 Å². The summed E-state index contributed by atoms with van der Waals surface area (Å²) in [6, 6.07) is 13.0. The zero-order valence-corrected chi connectivity index (χ0v) is 10.5. The molecule has 1 heterocycles. The highest BCUT2D eigenvalue weighted by molar-refractivity contribution is 6.01. The van der Waals surface area contributed by atoms with Crippen LogP contribution in [0.3, 0.4) is 0 Å². The highest BCUT2D eigenvalue weighted by Gasteiger charge is 2.17. The summed E-state index contributed by atoms with van der Waals surface area (Å²) in [4.78, 5) is 11.4. The number of carboxylic acids is 1. The SMILES string of the molecule is O=C(O)c1c2ccccc2nn1Cc1ccc(F)cc1. The molecule has 0 saturated carbocycles. The molecule has 0 bridgehead atoms. The van der Waals surface area contributed by atoms with Crippen molar-refractivity contribution in [1.29, 1.82) is 0 Å². The summed E-state index contributed by atoms with van der Waals surface area (Å²) in [5.41, 5.74) is 1.57. The normalized spacial score (nSPS) is 10.8. The van der Waals surface area contributed by atoms with Gasteiger partial charge in [-0.1, -0.05) is 30.3 Å². The molecule has 1 aromatic heterocycles. The number of carboxylic acid groups (broad SMARTS) is 1. The van der Waals surface area contributed by atoms with Crippen LogP contribution < -0.4 is 0 Å². The molecule has 3 aromatic rings. The number of benzene rings is 2. The fourth-order valence-electron chi connectivity index (χ4n) is 2.18. The first-order chi connectivity index (χ1) is 9.65. The average Bonchev–Trinajstić information content (AvgIpc) is 2.79. The van der Waals surface area contributed by atoms with Crippen LogP contribution in [0.15, 0.2) is 48.5 Å². The lowest BCUT2D eigenvalue weighted by Crippen LogP contribution is -2.11. The Balaban J connectivity index is 2.08. The van der Waals surface area contributed by atoms with Crippen LogP contribution in [0.25, 0.3) is 10.9 Å². The number of carbonyl (C=O) groups is 1. The highest BCUT2D eigenvalue weighted by Crippen LogP contribution is 2.19. The largest absolute Gasteiger partial charge is 0.477 e. The van der Waals surface area contributed by atoms with Crippen LogP contribution in [0.4, 0.5) is 4.39 Å². The van der Waals surface area contributed by atoms with Gasteiger partial charge in [-0.25, -0.2) is 9.18 Å². The second-order valence-corrected chi connectivity index (χ2v) is 4.46. The van der Waals surface area contributed by atoms with Gasteiger partial charge in [0.05, 0.1) is 12.1 Å². The van der Waals surface area contributed by atoms with E-state index < -0.39 is 5.97 Å². The fourth-order valence-corrected chi connectivity index (χ4v) is 2.18. The molecule has 0 amide bonds. The molecule has 0 saturated heterocycles. The molecule has 3 rings (SSSR count). The van der Waals surface area contributed by atoms with Crippen LogP contribution in [-0.2, 0) is 6.54 Å². The predicted molar refractivity (Wildman–Crippen MR) is 72.2 cm³/mol. The molecule has 0 fully saturated rings. The van der Waals surface area contributed by atoms with Gasteiger partial charge in [-0.15, -0.1) is 0 Å². The zero-order chi connectivity index (χ0) is 14.1. The lowest BCUT2D eigenvalue weighted by Gasteiger charge is -2.04. The summed E-state index contributed by atoms with van der Waals surface area (Å²) in [6.45, 7) is 0.288. The van der Waals surface area contributed by atoms with Crippen molar-refractivity contribution in [2.45, 2.75) is 6.54 Å². The molecule has 0 spiro atoms. The van der Waals surface area contributed by atoms with Crippen molar-refractivity contribution >= 4 is 16.9 Å². The number of aromatic nitrogens is 2. The first kappa shape index (κ1) is 12.3. The number of rotatable bonds is 3. The van der Waals surface area contributed by atoms with E-state index >= 15 is 0 Å². The number of hydrogen-bond donors (Lipinski definition) is 1. The van der Waals surface area contributed by atoms with Crippen LogP contribution in [0.1, 0.15) is 16.1 Å². The van der Waals surface area contributed by atoms with Crippen LogP contribution in [0.5, 0.6) is 0 Å². The van der Waals surface area contributed by atoms with E-state index in [1.165, 1.54) is 16.8 Å². The number of halogens is 1. The monoisotopic (exact) mass is 270 g/mol. The Morgan fingerprint density at radius 3 is 2.55 bits per heavy atom.